The Hall–Kier alpha value is -1.29. The third-order valence-corrected chi connectivity index (χ3v) is 2.78. The summed E-state index contributed by atoms with van der Waals surface area (Å²) in [5, 5.41) is 0. The van der Waals surface area contributed by atoms with E-state index in [1.165, 1.54) is 12.8 Å². The number of rotatable bonds is 4. The molecule has 4 nitrogen and oxygen atoms in total. The van der Waals surface area contributed by atoms with Crippen LogP contribution in [-0.2, 0) is 11.3 Å². The molecule has 2 heterocycles. The highest BCUT2D eigenvalue weighted by Crippen LogP contribution is 2.16. The van der Waals surface area contributed by atoms with Gasteiger partial charge in [-0.2, -0.15) is 0 Å². The molecule has 0 radical (unpaired) electrons. The molecule has 1 fully saturated rings. The van der Waals surface area contributed by atoms with E-state index in [9.17, 15) is 4.79 Å². The van der Waals surface area contributed by atoms with Gasteiger partial charge in [-0.25, -0.2) is 4.79 Å². The standard InChI is InChI=1S/C13H19NO3/c1-10(2)16-13(15)12-6-5-11(17-12)9-14-7-3-4-8-14/h5-6,10H,3-4,7-9H2,1-2H3. The van der Waals surface area contributed by atoms with Crippen molar-refractivity contribution >= 4 is 5.97 Å². The zero-order valence-corrected chi connectivity index (χ0v) is 10.4. The van der Waals surface area contributed by atoms with Gasteiger partial charge in [0.2, 0.25) is 5.76 Å². The van der Waals surface area contributed by atoms with Crippen LogP contribution >= 0.6 is 0 Å². The molecule has 0 unspecified atom stereocenters. The molecular formula is C13H19NO3. The molecule has 4 heteroatoms. The number of carbonyl (C=O) groups excluding carboxylic acids is 1. The van der Waals surface area contributed by atoms with E-state index < -0.39 is 0 Å². The normalized spacial score (nSPS) is 16.6. The summed E-state index contributed by atoms with van der Waals surface area (Å²) in [6, 6.07) is 3.55. The van der Waals surface area contributed by atoms with E-state index in [4.69, 9.17) is 9.15 Å². The van der Waals surface area contributed by atoms with E-state index in [2.05, 4.69) is 4.90 Å². The average molecular weight is 237 g/mol. The number of likely N-dealkylation sites (tertiary alicyclic amines) is 1. The van der Waals surface area contributed by atoms with Crippen molar-refractivity contribution in [3.05, 3.63) is 23.7 Å². The maximum absolute atomic E-state index is 11.6. The third kappa shape index (κ3) is 3.33. The van der Waals surface area contributed by atoms with Gasteiger partial charge >= 0.3 is 5.97 Å². The van der Waals surface area contributed by atoms with Crippen LogP contribution < -0.4 is 0 Å². The lowest BCUT2D eigenvalue weighted by molar-refractivity contribution is 0.0338. The second-order valence-electron chi connectivity index (χ2n) is 4.70. The molecule has 0 spiro atoms. The van der Waals surface area contributed by atoms with Crippen molar-refractivity contribution in [3.8, 4) is 0 Å². The number of ether oxygens (including phenoxy) is 1. The van der Waals surface area contributed by atoms with Crippen molar-refractivity contribution in [2.24, 2.45) is 0 Å². The molecule has 0 aromatic carbocycles. The summed E-state index contributed by atoms with van der Waals surface area (Å²) < 4.78 is 10.6. The number of hydrogen-bond acceptors (Lipinski definition) is 4. The van der Waals surface area contributed by atoms with E-state index in [0.29, 0.717) is 5.76 Å². The minimum Gasteiger partial charge on any atom is -0.457 e. The lowest BCUT2D eigenvalue weighted by Gasteiger charge is -2.11. The van der Waals surface area contributed by atoms with Gasteiger partial charge in [0, 0.05) is 0 Å². The molecule has 94 valence electrons. The summed E-state index contributed by atoms with van der Waals surface area (Å²) >= 11 is 0. The third-order valence-electron chi connectivity index (χ3n) is 2.78. The summed E-state index contributed by atoms with van der Waals surface area (Å²) in [6.45, 7) is 6.67. The van der Waals surface area contributed by atoms with E-state index in [-0.39, 0.29) is 12.1 Å². The minimum absolute atomic E-state index is 0.116. The maximum Gasteiger partial charge on any atom is 0.374 e. The molecule has 1 aromatic rings. The van der Waals surface area contributed by atoms with Crippen molar-refractivity contribution in [3.63, 3.8) is 0 Å². The first-order valence-corrected chi connectivity index (χ1v) is 6.17. The van der Waals surface area contributed by atoms with Gasteiger partial charge in [0.05, 0.1) is 12.6 Å². The second-order valence-corrected chi connectivity index (χ2v) is 4.70. The van der Waals surface area contributed by atoms with Crippen LogP contribution in [0.3, 0.4) is 0 Å². The fourth-order valence-corrected chi connectivity index (χ4v) is 2.01. The van der Waals surface area contributed by atoms with Gasteiger partial charge < -0.3 is 9.15 Å². The van der Waals surface area contributed by atoms with Crippen LogP contribution in [0.2, 0.25) is 0 Å². The van der Waals surface area contributed by atoms with Crippen molar-refractivity contribution in [1.82, 2.24) is 4.90 Å². The highest BCUT2D eigenvalue weighted by molar-refractivity contribution is 5.86. The van der Waals surface area contributed by atoms with Crippen molar-refractivity contribution in [2.45, 2.75) is 39.3 Å². The van der Waals surface area contributed by atoms with Gasteiger partial charge in [-0.15, -0.1) is 0 Å². The maximum atomic E-state index is 11.6. The molecule has 0 saturated carbocycles. The van der Waals surface area contributed by atoms with E-state index >= 15 is 0 Å². The van der Waals surface area contributed by atoms with Gasteiger partial charge in [-0.1, -0.05) is 0 Å². The van der Waals surface area contributed by atoms with Crippen LogP contribution in [-0.4, -0.2) is 30.1 Å². The van der Waals surface area contributed by atoms with Gasteiger partial charge in [0.25, 0.3) is 0 Å². The molecule has 2 rings (SSSR count). The zero-order chi connectivity index (χ0) is 12.3. The predicted molar refractivity (Wildman–Crippen MR) is 63.8 cm³/mol. The van der Waals surface area contributed by atoms with Crippen LogP contribution in [0.4, 0.5) is 0 Å². The fourth-order valence-electron chi connectivity index (χ4n) is 2.01. The largest absolute Gasteiger partial charge is 0.457 e. The van der Waals surface area contributed by atoms with E-state index in [1.807, 2.05) is 19.9 Å². The molecule has 1 aliphatic rings. The molecule has 1 aliphatic heterocycles. The SMILES string of the molecule is CC(C)OC(=O)c1ccc(CN2CCCC2)o1. The first-order chi connectivity index (χ1) is 8.15. The molecule has 1 aromatic heterocycles. The predicted octanol–water partition coefficient (Wildman–Crippen LogP) is 2.44. The summed E-state index contributed by atoms with van der Waals surface area (Å²) in [5.74, 6) is 0.753. The van der Waals surface area contributed by atoms with Gasteiger partial charge in [0.15, 0.2) is 0 Å². The van der Waals surface area contributed by atoms with Gasteiger partial charge in [0.1, 0.15) is 5.76 Å². The van der Waals surface area contributed by atoms with Gasteiger partial charge in [-0.05, 0) is 51.9 Å². The van der Waals surface area contributed by atoms with Crippen LogP contribution in [0.1, 0.15) is 43.0 Å². The van der Waals surface area contributed by atoms with Crippen LogP contribution in [0.5, 0.6) is 0 Å². The number of hydrogen-bond donors (Lipinski definition) is 0. The summed E-state index contributed by atoms with van der Waals surface area (Å²) in [5.41, 5.74) is 0. The minimum atomic E-state index is -0.382. The molecule has 0 atom stereocenters. The Balaban J connectivity index is 1.92. The number of furan rings is 1. The monoisotopic (exact) mass is 237 g/mol. The second kappa shape index (κ2) is 5.36. The lowest BCUT2D eigenvalue weighted by atomic mass is 10.4. The molecule has 0 aliphatic carbocycles. The Kier molecular flexibility index (Phi) is 3.84. The smallest absolute Gasteiger partial charge is 0.374 e. The van der Waals surface area contributed by atoms with Crippen molar-refractivity contribution < 1.29 is 13.9 Å². The van der Waals surface area contributed by atoms with Crippen LogP contribution in [0, 0.1) is 0 Å². The molecular weight excluding hydrogens is 218 g/mol. The topological polar surface area (TPSA) is 42.7 Å². The first kappa shape index (κ1) is 12.2. The summed E-state index contributed by atoms with van der Waals surface area (Å²) in [4.78, 5) is 13.9. The number of esters is 1. The van der Waals surface area contributed by atoms with Gasteiger partial charge in [-0.3, -0.25) is 4.90 Å². The Morgan fingerprint density at radius 3 is 2.76 bits per heavy atom. The van der Waals surface area contributed by atoms with Crippen molar-refractivity contribution in [2.75, 3.05) is 13.1 Å². The molecule has 17 heavy (non-hydrogen) atoms. The molecule has 0 N–H and O–H groups in total. The molecule has 0 amide bonds. The molecule has 1 saturated heterocycles. The Bertz CT molecular complexity index is 378. The van der Waals surface area contributed by atoms with Crippen molar-refractivity contribution in [1.29, 1.82) is 0 Å². The Morgan fingerprint density at radius 1 is 1.41 bits per heavy atom. The molecule has 0 bridgehead atoms. The Labute approximate surface area is 102 Å². The average Bonchev–Trinajstić information content (AvgIpc) is 2.88. The lowest BCUT2D eigenvalue weighted by Crippen LogP contribution is -2.17. The number of carbonyl (C=O) groups is 1. The summed E-state index contributed by atoms with van der Waals surface area (Å²) in [7, 11) is 0. The summed E-state index contributed by atoms with van der Waals surface area (Å²) in [6.07, 6.45) is 2.39. The highest BCUT2D eigenvalue weighted by atomic mass is 16.6. The first-order valence-electron chi connectivity index (χ1n) is 6.17. The van der Waals surface area contributed by atoms with E-state index in [0.717, 1.165) is 25.4 Å². The zero-order valence-electron chi connectivity index (χ0n) is 10.4. The number of nitrogens with zero attached hydrogens (tertiary/aromatic N) is 1. The Morgan fingerprint density at radius 2 is 2.12 bits per heavy atom. The van der Waals surface area contributed by atoms with E-state index in [1.54, 1.807) is 6.07 Å². The highest BCUT2D eigenvalue weighted by Gasteiger charge is 2.17. The van der Waals surface area contributed by atoms with Crippen LogP contribution in [0.25, 0.3) is 0 Å². The van der Waals surface area contributed by atoms with Crippen LogP contribution in [0.15, 0.2) is 16.5 Å². The fraction of sp³-hybridized carbons (Fsp3) is 0.615. The quantitative estimate of drug-likeness (QED) is 0.754.